The van der Waals surface area contributed by atoms with Crippen molar-refractivity contribution in [2.24, 2.45) is 0 Å². The number of hydrogen-bond donors (Lipinski definition) is 1. The van der Waals surface area contributed by atoms with Gasteiger partial charge in [0.2, 0.25) is 0 Å². The first kappa shape index (κ1) is 33.8. The molecular formula is C16H21F13O6. The second kappa shape index (κ2) is 13.4. The van der Waals surface area contributed by atoms with Crippen LogP contribution >= 0.6 is 0 Å². The summed E-state index contributed by atoms with van der Waals surface area (Å²) in [6, 6.07) is 0. The van der Waals surface area contributed by atoms with Gasteiger partial charge < -0.3 is 28.8 Å². The fourth-order valence-corrected chi connectivity index (χ4v) is 1.90. The number of halogens is 13. The Morgan fingerprint density at radius 2 is 0.714 bits per heavy atom. The van der Waals surface area contributed by atoms with Gasteiger partial charge in [0.25, 0.3) is 0 Å². The average molecular weight is 556 g/mol. The third kappa shape index (κ3) is 8.44. The standard InChI is InChI=1S/C16H21F13O6/c17-11(18,13(21,22)15(25,26)27)12(19,20)14(23,24)16(28,29)35-10-9-34-8-7-33-6-5-32-4-3-31-2-1-30/h30H,1-10H2. The average Bonchev–Trinajstić information content (AvgIpc) is 2.72. The lowest BCUT2D eigenvalue weighted by atomic mass is 9.97. The first-order valence-corrected chi connectivity index (χ1v) is 9.33. The van der Waals surface area contributed by atoms with E-state index in [0.717, 1.165) is 0 Å². The molecule has 0 spiro atoms. The molecule has 1 N–H and O–H groups in total. The quantitative estimate of drug-likeness (QED) is 0.193. The number of aliphatic hydroxyl groups is 1. The van der Waals surface area contributed by atoms with Crippen LogP contribution in [0.4, 0.5) is 57.1 Å². The summed E-state index contributed by atoms with van der Waals surface area (Å²) in [5.74, 6) is -31.2. The number of aliphatic hydroxyl groups excluding tert-OH is 1. The molecule has 0 aliphatic rings. The molecule has 0 amide bonds. The summed E-state index contributed by atoms with van der Waals surface area (Å²) in [6.07, 6.45) is -14.1. The lowest BCUT2D eigenvalue weighted by Gasteiger charge is -2.39. The SMILES string of the molecule is OCCOCCOCCOCCOCCOC(F)(F)C(F)(F)C(F)(F)C(F)(F)C(F)(F)C(F)(F)F. The van der Waals surface area contributed by atoms with Crippen molar-refractivity contribution in [3.63, 3.8) is 0 Å². The van der Waals surface area contributed by atoms with Gasteiger partial charge in [0.15, 0.2) is 0 Å². The maximum atomic E-state index is 13.4. The molecule has 0 aromatic rings. The Kier molecular flexibility index (Phi) is 13.0. The highest BCUT2D eigenvalue weighted by molar-refractivity contribution is 5.08. The topological polar surface area (TPSA) is 66.4 Å². The predicted molar refractivity (Wildman–Crippen MR) is 87.1 cm³/mol. The van der Waals surface area contributed by atoms with Gasteiger partial charge in [-0.2, -0.15) is 57.1 Å². The van der Waals surface area contributed by atoms with Crippen molar-refractivity contribution >= 4 is 0 Å². The summed E-state index contributed by atoms with van der Waals surface area (Å²) in [5, 5.41) is 8.44. The summed E-state index contributed by atoms with van der Waals surface area (Å²) >= 11 is 0. The molecule has 35 heavy (non-hydrogen) atoms. The van der Waals surface area contributed by atoms with Crippen molar-refractivity contribution in [3.8, 4) is 0 Å². The Labute approximate surface area is 189 Å². The molecule has 0 saturated carbocycles. The van der Waals surface area contributed by atoms with Crippen LogP contribution < -0.4 is 0 Å². The van der Waals surface area contributed by atoms with Crippen LogP contribution in [0.15, 0.2) is 0 Å². The fourth-order valence-electron chi connectivity index (χ4n) is 1.90. The molecule has 0 aromatic carbocycles. The molecule has 0 fully saturated rings. The number of hydrogen-bond acceptors (Lipinski definition) is 6. The lowest BCUT2D eigenvalue weighted by Crippen LogP contribution is -2.70. The van der Waals surface area contributed by atoms with Gasteiger partial charge in [-0.1, -0.05) is 0 Å². The van der Waals surface area contributed by atoms with E-state index in [2.05, 4.69) is 9.47 Å². The van der Waals surface area contributed by atoms with E-state index in [1.54, 1.807) is 0 Å². The highest BCUT2D eigenvalue weighted by Gasteiger charge is 2.91. The van der Waals surface area contributed by atoms with Gasteiger partial charge in [-0.3, -0.25) is 0 Å². The van der Waals surface area contributed by atoms with Crippen molar-refractivity contribution in [3.05, 3.63) is 0 Å². The van der Waals surface area contributed by atoms with Crippen LogP contribution in [0.2, 0.25) is 0 Å². The van der Waals surface area contributed by atoms with Crippen LogP contribution in [0.5, 0.6) is 0 Å². The second-order valence-electron chi connectivity index (χ2n) is 6.33. The van der Waals surface area contributed by atoms with E-state index in [-0.39, 0.29) is 46.2 Å². The van der Waals surface area contributed by atoms with Crippen LogP contribution in [-0.2, 0) is 23.7 Å². The van der Waals surface area contributed by atoms with Gasteiger partial charge in [0.1, 0.15) is 0 Å². The Balaban J connectivity index is 4.54. The van der Waals surface area contributed by atoms with Crippen molar-refractivity contribution < 1.29 is 85.9 Å². The number of alkyl halides is 13. The molecule has 0 aromatic heterocycles. The van der Waals surface area contributed by atoms with Crippen LogP contribution in [-0.4, -0.2) is 107 Å². The molecule has 0 aliphatic heterocycles. The van der Waals surface area contributed by atoms with E-state index in [1.165, 1.54) is 0 Å². The van der Waals surface area contributed by atoms with Crippen molar-refractivity contribution in [1.29, 1.82) is 0 Å². The van der Waals surface area contributed by atoms with Gasteiger partial charge in [-0.05, 0) is 0 Å². The molecule has 0 heterocycles. The maximum absolute atomic E-state index is 13.4. The minimum Gasteiger partial charge on any atom is -0.394 e. The zero-order chi connectivity index (χ0) is 27.6. The molecule has 0 rings (SSSR count). The molecule has 212 valence electrons. The van der Waals surface area contributed by atoms with Crippen molar-refractivity contribution in [1.82, 2.24) is 0 Å². The molecule has 6 nitrogen and oxygen atoms in total. The van der Waals surface area contributed by atoms with Crippen LogP contribution in [0, 0.1) is 0 Å². The zero-order valence-corrected chi connectivity index (χ0v) is 17.5. The van der Waals surface area contributed by atoms with Gasteiger partial charge >= 0.3 is 36.0 Å². The summed E-state index contributed by atoms with van der Waals surface area (Å²) < 4.78 is 190. The zero-order valence-electron chi connectivity index (χ0n) is 17.5. The smallest absolute Gasteiger partial charge is 0.394 e. The Morgan fingerprint density at radius 1 is 0.400 bits per heavy atom. The maximum Gasteiger partial charge on any atom is 0.460 e. The lowest BCUT2D eigenvalue weighted by molar-refractivity contribution is -0.466. The van der Waals surface area contributed by atoms with Gasteiger partial charge in [-0.25, -0.2) is 0 Å². The summed E-state index contributed by atoms with van der Waals surface area (Å²) in [6.45, 7) is -2.90. The Morgan fingerprint density at radius 3 is 1.06 bits per heavy atom. The van der Waals surface area contributed by atoms with E-state index < -0.39 is 55.8 Å². The van der Waals surface area contributed by atoms with Crippen LogP contribution in [0.1, 0.15) is 0 Å². The third-order valence-corrected chi connectivity index (χ3v) is 3.77. The Bertz CT molecular complexity index is 601. The highest BCUT2D eigenvalue weighted by atomic mass is 19.4. The molecule has 0 unspecified atom stereocenters. The number of rotatable bonds is 19. The minimum atomic E-state index is -7.97. The first-order chi connectivity index (χ1) is 15.8. The van der Waals surface area contributed by atoms with E-state index >= 15 is 0 Å². The summed E-state index contributed by atoms with van der Waals surface area (Å²) in [5.41, 5.74) is 0. The third-order valence-electron chi connectivity index (χ3n) is 3.77. The van der Waals surface area contributed by atoms with E-state index in [9.17, 15) is 57.1 Å². The summed E-state index contributed by atoms with van der Waals surface area (Å²) in [7, 11) is 0. The molecular weight excluding hydrogens is 535 g/mol. The predicted octanol–water partition coefficient (Wildman–Crippen LogP) is 3.76. The molecule has 0 radical (unpaired) electrons. The largest absolute Gasteiger partial charge is 0.460 e. The molecule has 19 heteroatoms. The normalized spacial score (nSPS) is 14.6. The van der Waals surface area contributed by atoms with Crippen molar-refractivity contribution in [2.45, 2.75) is 36.0 Å². The minimum absolute atomic E-state index is 0.00993. The van der Waals surface area contributed by atoms with Gasteiger partial charge in [-0.15, -0.1) is 0 Å². The molecule has 0 aliphatic carbocycles. The van der Waals surface area contributed by atoms with Crippen LogP contribution in [0.25, 0.3) is 0 Å². The van der Waals surface area contributed by atoms with Crippen LogP contribution in [0.3, 0.4) is 0 Å². The van der Waals surface area contributed by atoms with E-state index in [1.807, 2.05) is 0 Å². The monoisotopic (exact) mass is 556 g/mol. The molecule has 0 bridgehead atoms. The van der Waals surface area contributed by atoms with Gasteiger partial charge in [0.05, 0.1) is 66.1 Å². The molecule has 0 saturated heterocycles. The fraction of sp³-hybridized carbons (Fsp3) is 1.00. The first-order valence-electron chi connectivity index (χ1n) is 9.33. The number of ether oxygens (including phenoxy) is 5. The van der Waals surface area contributed by atoms with Crippen molar-refractivity contribution in [2.75, 3.05) is 66.1 Å². The highest BCUT2D eigenvalue weighted by Crippen LogP contribution is 2.60. The Hall–Kier alpha value is -1.15. The summed E-state index contributed by atoms with van der Waals surface area (Å²) in [4.78, 5) is 0. The van der Waals surface area contributed by atoms with Gasteiger partial charge in [0, 0.05) is 0 Å². The molecule has 0 atom stereocenters. The van der Waals surface area contributed by atoms with E-state index in [0.29, 0.717) is 0 Å². The van der Waals surface area contributed by atoms with E-state index in [4.69, 9.17) is 19.3 Å². The second-order valence-corrected chi connectivity index (χ2v) is 6.33.